The smallest absolute Gasteiger partial charge is 0.315 e. The molecule has 1 unspecified atom stereocenters. The molecule has 4 nitrogen and oxygen atoms in total. The summed E-state index contributed by atoms with van der Waals surface area (Å²) >= 11 is 1.78. The van der Waals surface area contributed by atoms with Crippen LogP contribution in [0.5, 0.6) is 0 Å². The number of carbonyl (C=O) groups excluding carboxylic acids is 1. The van der Waals surface area contributed by atoms with Crippen LogP contribution >= 0.6 is 11.3 Å². The summed E-state index contributed by atoms with van der Waals surface area (Å²) in [6, 6.07) is 0. The summed E-state index contributed by atoms with van der Waals surface area (Å²) in [6.07, 6.45) is 4.20. The van der Waals surface area contributed by atoms with Gasteiger partial charge < -0.3 is 9.64 Å². The highest BCUT2D eigenvalue weighted by Gasteiger charge is 2.35. The van der Waals surface area contributed by atoms with Crippen LogP contribution in [0, 0.1) is 5.41 Å². The number of hydrogen-bond donors (Lipinski definition) is 0. The maximum Gasteiger partial charge on any atom is 0.315 e. The van der Waals surface area contributed by atoms with Crippen molar-refractivity contribution < 1.29 is 9.53 Å². The first kappa shape index (κ1) is 14.8. The Bertz CT molecular complexity index is 538. The minimum absolute atomic E-state index is 0.1000. The molecule has 0 amide bonds. The molecule has 2 heterocycles. The number of anilines is 1. The third-order valence-electron chi connectivity index (χ3n) is 4.46. The van der Waals surface area contributed by atoms with Crippen LogP contribution in [-0.2, 0) is 16.0 Å². The number of rotatable bonds is 3. The Morgan fingerprint density at radius 1 is 1.52 bits per heavy atom. The number of carbonyl (C=O) groups is 1. The highest BCUT2D eigenvalue weighted by atomic mass is 32.1. The van der Waals surface area contributed by atoms with Crippen molar-refractivity contribution >= 4 is 22.4 Å². The monoisotopic (exact) mass is 308 g/mol. The van der Waals surface area contributed by atoms with Gasteiger partial charge in [-0.3, -0.25) is 4.79 Å². The van der Waals surface area contributed by atoms with Crippen LogP contribution in [-0.4, -0.2) is 30.6 Å². The highest BCUT2D eigenvalue weighted by Crippen LogP contribution is 2.41. The molecule has 0 spiro atoms. The first-order valence-electron chi connectivity index (χ1n) is 7.91. The lowest BCUT2D eigenvalue weighted by Gasteiger charge is -2.19. The molecule has 0 aromatic carbocycles. The minimum Gasteiger partial charge on any atom is -0.465 e. The van der Waals surface area contributed by atoms with E-state index in [1.807, 2.05) is 6.92 Å². The van der Waals surface area contributed by atoms with E-state index >= 15 is 0 Å². The van der Waals surface area contributed by atoms with E-state index in [-0.39, 0.29) is 11.9 Å². The third kappa shape index (κ3) is 2.93. The van der Waals surface area contributed by atoms with E-state index in [2.05, 4.69) is 18.7 Å². The molecule has 21 heavy (non-hydrogen) atoms. The summed E-state index contributed by atoms with van der Waals surface area (Å²) in [5.74, 6) is -0.244. The van der Waals surface area contributed by atoms with Gasteiger partial charge in [0.2, 0.25) is 0 Å². The average molecular weight is 308 g/mol. The number of nitrogens with zero attached hydrogens (tertiary/aromatic N) is 2. The second-order valence-corrected chi connectivity index (χ2v) is 7.90. The van der Waals surface area contributed by atoms with Crippen LogP contribution in [0.3, 0.4) is 0 Å². The lowest BCUT2D eigenvalue weighted by Crippen LogP contribution is -2.23. The van der Waals surface area contributed by atoms with Crippen LogP contribution in [0.25, 0.3) is 0 Å². The molecule has 1 aliphatic heterocycles. The molecule has 116 valence electrons. The van der Waals surface area contributed by atoms with Crippen molar-refractivity contribution in [3.63, 3.8) is 0 Å². The second kappa shape index (κ2) is 5.59. The Labute approximate surface area is 130 Å². The Morgan fingerprint density at radius 3 is 3.00 bits per heavy atom. The number of fused-ring (bicyclic) bond motifs is 1. The lowest BCUT2D eigenvalue weighted by molar-refractivity contribution is -0.145. The van der Waals surface area contributed by atoms with Crippen molar-refractivity contribution in [2.24, 2.45) is 5.41 Å². The normalized spacial score (nSPS) is 24.0. The van der Waals surface area contributed by atoms with Crippen LogP contribution in [0.2, 0.25) is 0 Å². The van der Waals surface area contributed by atoms with Crippen molar-refractivity contribution in [2.75, 3.05) is 24.6 Å². The third-order valence-corrected chi connectivity index (χ3v) is 5.65. The molecule has 1 saturated heterocycles. The van der Waals surface area contributed by atoms with Crippen LogP contribution in [0.1, 0.15) is 56.5 Å². The average Bonchev–Trinajstić information content (AvgIpc) is 3.01. The summed E-state index contributed by atoms with van der Waals surface area (Å²) in [6.45, 7) is 9.05. The van der Waals surface area contributed by atoms with Gasteiger partial charge in [0.15, 0.2) is 5.13 Å². The lowest BCUT2D eigenvalue weighted by atomic mass is 9.91. The molecule has 1 aromatic heterocycles. The first-order valence-corrected chi connectivity index (χ1v) is 8.73. The molecule has 1 atom stereocenters. The molecule has 3 rings (SSSR count). The summed E-state index contributed by atoms with van der Waals surface area (Å²) in [5, 5.41) is 1.10. The Balaban J connectivity index is 1.83. The SMILES string of the molecule is CCOC(=O)C1CCCc2sc(N3CCC(C)(C)C3)nc21. The number of ether oxygens (including phenoxy) is 1. The van der Waals surface area contributed by atoms with E-state index in [9.17, 15) is 4.79 Å². The Morgan fingerprint density at radius 2 is 2.33 bits per heavy atom. The number of thiazole rings is 1. The molecular weight excluding hydrogens is 284 g/mol. The van der Waals surface area contributed by atoms with E-state index in [4.69, 9.17) is 9.72 Å². The van der Waals surface area contributed by atoms with Gasteiger partial charge in [-0.1, -0.05) is 13.8 Å². The predicted octanol–water partition coefficient (Wildman–Crippen LogP) is 3.36. The van der Waals surface area contributed by atoms with E-state index in [1.54, 1.807) is 11.3 Å². The van der Waals surface area contributed by atoms with Gasteiger partial charge >= 0.3 is 5.97 Å². The van der Waals surface area contributed by atoms with Gasteiger partial charge in [0.05, 0.1) is 12.3 Å². The summed E-state index contributed by atoms with van der Waals surface area (Å²) in [4.78, 5) is 20.6. The van der Waals surface area contributed by atoms with Crippen molar-refractivity contribution in [3.8, 4) is 0 Å². The maximum atomic E-state index is 12.1. The van der Waals surface area contributed by atoms with E-state index in [1.165, 1.54) is 11.3 Å². The molecule has 1 fully saturated rings. The van der Waals surface area contributed by atoms with Gasteiger partial charge in [0.25, 0.3) is 0 Å². The van der Waals surface area contributed by atoms with Gasteiger partial charge in [0.1, 0.15) is 5.92 Å². The van der Waals surface area contributed by atoms with Crippen LogP contribution in [0.15, 0.2) is 0 Å². The highest BCUT2D eigenvalue weighted by molar-refractivity contribution is 7.15. The number of aromatic nitrogens is 1. The molecule has 0 saturated carbocycles. The molecular formula is C16H24N2O2S. The van der Waals surface area contributed by atoms with Gasteiger partial charge in [-0.2, -0.15) is 0 Å². The zero-order chi connectivity index (χ0) is 15.0. The van der Waals surface area contributed by atoms with E-state index in [0.717, 1.165) is 43.2 Å². The zero-order valence-electron chi connectivity index (χ0n) is 13.1. The molecule has 1 aliphatic carbocycles. The molecule has 5 heteroatoms. The standard InChI is InChI=1S/C16H24N2O2S/c1-4-20-14(19)11-6-5-7-12-13(11)17-15(21-12)18-9-8-16(2,3)10-18/h11H,4-10H2,1-3H3. The first-order chi connectivity index (χ1) is 10.00. The van der Waals surface area contributed by atoms with Crippen LogP contribution < -0.4 is 4.90 Å². The number of hydrogen-bond acceptors (Lipinski definition) is 5. The van der Waals surface area contributed by atoms with Crippen molar-refractivity contribution in [2.45, 2.75) is 52.4 Å². The second-order valence-electron chi connectivity index (χ2n) is 6.84. The van der Waals surface area contributed by atoms with Crippen LogP contribution in [0.4, 0.5) is 5.13 Å². The van der Waals surface area contributed by atoms with Gasteiger partial charge in [-0.05, 0) is 38.0 Å². The van der Waals surface area contributed by atoms with E-state index in [0.29, 0.717) is 12.0 Å². The fraction of sp³-hybridized carbons (Fsp3) is 0.750. The summed E-state index contributed by atoms with van der Waals surface area (Å²) in [7, 11) is 0. The molecule has 1 aromatic rings. The maximum absolute atomic E-state index is 12.1. The summed E-state index contributed by atoms with van der Waals surface area (Å²) in [5.41, 5.74) is 1.36. The molecule has 0 radical (unpaired) electrons. The fourth-order valence-electron chi connectivity index (χ4n) is 3.29. The van der Waals surface area contributed by atoms with Crippen molar-refractivity contribution in [1.82, 2.24) is 4.98 Å². The number of esters is 1. The van der Waals surface area contributed by atoms with Gasteiger partial charge in [0, 0.05) is 18.0 Å². The molecule has 0 N–H and O–H groups in total. The Kier molecular flexibility index (Phi) is 3.95. The number of aryl methyl sites for hydroxylation is 1. The fourth-order valence-corrected chi connectivity index (χ4v) is 4.48. The minimum atomic E-state index is -0.144. The van der Waals surface area contributed by atoms with Gasteiger partial charge in [-0.25, -0.2) is 4.98 Å². The van der Waals surface area contributed by atoms with E-state index < -0.39 is 0 Å². The Hall–Kier alpha value is -1.10. The molecule has 2 aliphatic rings. The largest absolute Gasteiger partial charge is 0.465 e. The van der Waals surface area contributed by atoms with Gasteiger partial charge in [-0.15, -0.1) is 11.3 Å². The topological polar surface area (TPSA) is 42.4 Å². The van der Waals surface area contributed by atoms with Crippen molar-refractivity contribution in [3.05, 3.63) is 10.6 Å². The zero-order valence-corrected chi connectivity index (χ0v) is 14.0. The quantitative estimate of drug-likeness (QED) is 0.803. The van der Waals surface area contributed by atoms with Crippen molar-refractivity contribution in [1.29, 1.82) is 0 Å². The predicted molar refractivity (Wildman–Crippen MR) is 85.0 cm³/mol. The molecule has 0 bridgehead atoms. The summed E-state index contributed by atoms with van der Waals surface area (Å²) < 4.78 is 5.22.